The molecule has 0 saturated carbocycles. The molecule has 1 aromatic carbocycles. The maximum atomic E-state index is 3.61. The predicted octanol–water partition coefficient (Wildman–Crippen LogP) is 2.99. The van der Waals surface area contributed by atoms with Gasteiger partial charge in [0.2, 0.25) is 0 Å². The standard InChI is InChI=1S/C16H23BrN2/c1-19(11-15-3-2-8-18-15)16-7-5-12-9-14(17)6-4-13(12)10-16/h4,6,9,15-16,18H,2-3,5,7-8,10-11H2,1H3. The molecule has 2 unspecified atom stereocenters. The van der Waals surface area contributed by atoms with Crippen LogP contribution < -0.4 is 5.32 Å². The molecule has 2 atom stereocenters. The monoisotopic (exact) mass is 322 g/mol. The molecular formula is C16H23BrN2. The van der Waals surface area contributed by atoms with Crippen molar-refractivity contribution in [1.82, 2.24) is 10.2 Å². The summed E-state index contributed by atoms with van der Waals surface area (Å²) in [6.45, 7) is 2.41. The maximum absolute atomic E-state index is 3.61. The van der Waals surface area contributed by atoms with Gasteiger partial charge in [-0.25, -0.2) is 0 Å². The molecule has 2 aliphatic rings. The predicted molar refractivity (Wildman–Crippen MR) is 83.6 cm³/mol. The number of hydrogen-bond acceptors (Lipinski definition) is 2. The number of nitrogens with zero attached hydrogens (tertiary/aromatic N) is 1. The summed E-state index contributed by atoms with van der Waals surface area (Å²) in [7, 11) is 2.30. The first-order valence-corrected chi connectivity index (χ1v) is 8.22. The molecule has 1 aliphatic heterocycles. The van der Waals surface area contributed by atoms with Gasteiger partial charge >= 0.3 is 0 Å². The maximum Gasteiger partial charge on any atom is 0.0195 e. The van der Waals surface area contributed by atoms with E-state index in [4.69, 9.17) is 0 Å². The van der Waals surface area contributed by atoms with E-state index in [-0.39, 0.29) is 0 Å². The van der Waals surface area contributed by atoms with Crippen molar-refractivity contribution in [3.05, 3.63) is 33.8 Å². The lowest BCUT2D eigenvalue weighted by molar-refractivity contribution is 0.204. The Hall–Kier alpha value is -0.380. The minimum Gasteiger partial charge on any atom is -0.313 e. The fourth-order valence-electron chi connectivity index (χ4n) is 3.49. The van der Waals surface area contributed by atoms with Crippen molar-refractivity contribution in [2.75, 3.05) is 20.1 Å². The third kappa shape index (κ3) is 3.21. The first kappa shape index (κ1) is 13.6. The largest absolute Gasteiger partial charge is 0.313 e. The number of fused-ring (bicyclic) bond motifs is 1. The fourth-order valence-corrected chi connectivity index (χ4v) is 3.90. The van der Waals surface area contributed by atoms with Crippen LogP contribution in [-0.4, -0.2) is 37.1 Å². The van der Waals surface area contributed by atoms with Gasteiger partial charge in [0.15, 0.2) is 0 Å². The number of benzene rings is 1. The molecule has 0 bridgehead atoms. The lowest BCUT2D eigenvalue weighted by atomic mass is 9.87. The van der Waals surface area contributed by atoms with Crippen LogP contribution in [0.25, 0.3) is 0 Å². The highest BCUT2D eigenvalue weighted by atomic mass is 79.9. The lowest BCUT2D eigenvalue weighted by Gasteiger charge is -2.34. The Morgan fingerprint density at radius 1 is 1.32 bits per heavy atom. The van der Waals surface area contributed by atoms with E-state index >= 15 is 0 Å². The first-order valence-electron chi connectivity index (χ1n) is 7.43. The molecule has 0 amide bonds. The summed E-state index contributed by atoms with van der Waals surface area (Å²) >= 11 is 3.57. The quantitative estimate of drug-likeness (QED) is 0.920. The van der Waals surface area contributed by atoms with Crippen molar-refractivity contribution in [1.29, 1.82) is 0 Å². The van der Waals surface area contributed by atoms with E-state index in [1.165, 1.54) is 55.2 Å². The SMILES string of the molecule is CN(CC1CCCN1)C1CCc2cc(Br)ccc2C1. The summed E-state index contributed by atoms with van der Waals surface area (Å²) in [5.41, 5.74) is 3.09. The number of likely N-dealkylation sites (N-methyl/N-ethyl adjacent to an activating group) is 1. The Labute approximate surface area is 124 Å². The number of hydrogen-bond donors (Lipinski definition) is 1. The van der Waals surface area contributed by atoms with Crippen molar-refractivity contribution < 1.29 is 0 Å². The molecule has 1 N–H and O–H groups in total. The van der Waals surface area contributed by atoms with Crippen LogP contribution in [0.1, 0.15) is 30.4 Å². The number of nitrogens with one attached hydrogen (secondary N) is 1. The van der Waals surface area contributed by atoms with Crippen LogP contribution in [0.4, 0.5) is 0 Å². The van der Waals surface area contributed by atoms with Crippen LogP contribution in [-0.2, 0) is 12.8 Å². The van der Waals surface area contributed by atoms with E-state index in [2.05, 4.69) is 51.4 Å². The third-order valence-corrected chi connectivity index (χ3v) is 5.16. The zero-order valence-corrected chi connectivity index (χ0v) is 13.2. The normalized spacial score (nSPS) is 26.7. The molecule has 3 rings (SSSR count). The number of rotatable bonds is 3. The second-order valence-corrected chi connectivity index (χ2v) is 6.96. The molecule has 0 spiro atoms. The van der Waals surface area contributed by atoms with Crippen LogP contribution in [0.2, 0.25) is 0 Å². The van der Waals surface area contributed by atoms with E-state index in [0.717, 1.165) is 12.1 Å². The van der Waals surface area contributed by atoms with Gasteiger partial charge < -0.3 is 10.2 Å². The van der Waals surface area contributed by atoms with E-state index < -0.39 is 0 Å². The second kappa shape index (κ2) is 5.94. The van der Waals surface area contributed by atoms with Gasteiger partial charge in [-0.2, -0.15) is 0 Å². The smallest absolute Gasteiger partial charge is 0.0195 e. The molecule has 0 aromatic heterocycles. The van der Waals surface area contributed by atoms with Crippen LogP contribution in [0.3, 0.4) is 0 Å². The Bertz CT molecular complexity index is 440. The third-order valence-electron chi connectivity index (χ3n) is 4.66. The molecule has 1 saturated heterocycles. The average molecular weight is 323 g/mol. The Kier molecular flexibility index (Phi) is 4.25. The van der Waals surface area contributed by atoms with Gasteiger partial charge in [0.1, 0.15) is 0 Å². The molecule has 1 aromatic rings. The Morgan fingerprint density at radius 3 is 3.00 bits per heavy atom. The van der Waals surface area contributed by atoms with E-state index in [1.807, 2.05) is 0 Å². The van der Waals surface area contributed by atoms with Crippen LogP contribution >= 0.6 is 15.9 Å². The molecule has 19 heavy (non-hydrogen) atoms. The van der Waals surface area contributed by atoms with Gasteiger partial charge in [-0.15, -0.1) is 0 Å². The van der Waals surface area contributed by atoms with Crippen molar-refractivity contribution in [3.8, 4) is 0 Å². The van der Waals surface area contributed by atoms with E-state index in [1.54, 1.807) is 5.56 Å². The molecule has 3 heteroatoms. The van der Waals surface area contributed by atoms with Crippen LogP contribution in [0, 0.1) is 0 Å². The van der Waals surface area contributed by atoms with Crippen LogP contribution in [0.15, 0.2) is 22.7 Å². The summed E-state index contributed by atoms with van der Waals surface area (Å²) in [5, 5.41) is 3.61. The van der Waals surface area contributed by atoms with E-state index in [0.29, 0.717) is 0 Å². The van der Waals surface area contributed by atoms with Gasteiger partial charge in [0, 0.05) is 23.1 Å². The van der Waals surface area contributed by atoms with Gasteiger partial charge in [0.25, 0.3) is 0 Å². The summed E-state index contributed by atoms with van der Waals surface area (Å²) in [4.78, 5) is 2.58. The molecular weight excluding hydrogens is 300 g/mol. The summed E-state index contributed by atoms with van der Waals surface area (Å²) in [6, 6.07) is 8.21. The summed E-state index contributed by atoms with van der Waals surface area (Å²) < 4.78 is 1.22. The fraction of sp³-hybridized carbons (Fsp3) is 0.625. The highest BCUT2D eigenvalue weighted by Gasteiger charge is 2.24. The molecule has 1 aliphatic carbocycles. The van der Waals surface area contributed by atoms with Crippen molar-refractivity contribution in [3.63, 3.8) is 0 Å². The zero-order valence-electron chi connectivity index (χ0n) is 11.7. The minimum atomic E-state index is 0.719. The highest BCUT2D eigenvalue weighted by Crippen LogP contribution is 2.27. The molecule has 1 fully saturated rings. The number of halogens is 1. The molecule has 2 nitrogen and oxygen atoms in total. The van der Waals surface area contributed by atoms with Gasteiger partial charge in [-0.3, -0.25) is 0 Å². The summed E-state index contributed by atoms with van der Waals surface area (Å²) in [5.74, 6) is 0. The Morgan fingerprint density at radius 2 is 2.21 bits per heavy atom. The van der Waals surface area contributed by atoms with Crippen molar-refractivity contribution in [2.24, 2.45) is 0 Å². The topological polar surface area (TPSA) is 15.3 Å². The average Bonchev–Trinajstić information content (AvgIpc) is 2.91. The van der Waals surface area contributed by atoms with Gasteiger partial charge in [-0.05, 0) is 69.0 Å². The lowest BCUT2D eigenvalue weighted by Crippen LogP contribution is -2.43. The minimum absolute atomic E-state index is 0.719. The Balaban J connectivity index is 1.62. The highest BCUT2D eigenvalue weighted by molar-refractivity contribution is 9.10. The summed E-state index contributed by atoms with van der Waals surface area (Å²) in [6.07, 6.45) is 6.43. The number of aryl methyl sites for hydroxylation is 1. The second-order valence-electron chi connectivity index (χ2n) is 6.04. The van der Waals surface area contributed by atoms with Gasteiger partial charge in [0.05, 0.1) is 0 Å². The molecule has 0 radical (unpaired) electrons. The van der Waals surface area contributed by atoms with Gasteiger partial charge in [-0.1, -0.05) is 22.0 Å². The van der Waals surface area contributed by atoms with Crippen molar-refractivity contribution >= 4 is 15.9 Å². The first-order chi connectivity index (χ1) is 9.22. The van der Waals surface area contributed by atoms with Crippen molar-refractivity contribution in [2.45, 2.75) is 44.2 Å². The van der Waals surface area contributed by atoms with Crippen LogP contribution in [0.5, 0.6) is 0 Å². The molecule has 104 valence electrons. The van der Waals surface area contributed by atoms with E-state index in [9.17, 15) is 0 Å². The zero-order chi connectivity index (χ0) is 13.2. The molecule has 1 heterocycles.